The van der Waals surface area contributed by atoms with Crippen molar-refractivity contribution in [2.24, 2.45) is 0 Å². The minimum atomic E-state index is -0.870. The molecule has 4 aromatic rings. The quantitative estimate of drug-likeness (QED) is 0.337. The Bertz CT molecular complexity index is 1380. The van der Waals surface area contributed by atoms with Crippen molar-refractivity contribution in [2.75, 3.05) is 4.90 Å². The van der Waals surface area contributed by atoms with Gasteiger partial charge in [0.2, 0.25) is 5.78 Å². The van der Waals surface area contributed by atoms with E-state index in [2.05, 4.69) is 20.9 Å². The number of fused-ring (bicyclic) bond motifs is 1. The highest BCUT2D eigenvalue weighted by Crippen LogP contribution is 2.44. The van der Waals surface area contributed by atoms with E-state index in [9.17, 15) is 19.1 Å². The molecule has 3 heterocycles. The lowest BCUT2D eigenvalue weighted by Gasteiger charge is -2.24. The van der Waals surface area contributed by atoms with Gasteiger partial charge in [-0.1, -0.05) is 45.5 Å². The molecule has 0 bridgehead atoms. The Morgan fingerprint density at radius 3 is 2.74 bits per heavy atom. The van der Waals surface area contributed by atoms with Gasteiger partial charge in [-0.15, -0.1) is 11.3 Å². The number of hydrogen-bond acceptors (Lipinski definition) is 6. The second-order valence-electron chi connectivity index (χ2n) is 6.81. The van der Waals surface area contributed by atoms with Crippen molar-refractivity contribution in [2.45, 2.75) is 6.04 Å². The molecule has 9 heteroatoms. The van der Waals surface area contributed by atoms with Crippen LogP contribution in [0.25, 0.3) is 10.2 Å². The monoisotopic (exact) mass is 514 g/mol. The Morgan fingerprint density at radius 2 is 2.00 bits per heavy atom. The van der Waals surface area contributed by atoms with Gasteiger partial charge in [0.1, 0.15) is 5.82 Å². The minimum absolute atomic E-state index is 0.00372. The van der Waals surface area contributed by atoms with Crippen molar-refractivity contribution in [3.63, 3.8) is 0 Å². The molecule has 1 atom stereocenters. The molecular weight excluding hydrogens is 503 g/mol. The van der Waals surface area contributed by atoms with E-state index in [0.717, 1.165) is 15.8 Å². The van der Waals surface area contributed by atoms with Crippen LogP contribution in [0.5, 0.6) is 0 Å². The third-order valence-corrected chi connectivity index (χ3v) is 7.29. The van der Waals surface area contributed by atoms with E-state index < -0.39 is 29.3 Å². The highest BCUT2D eigenvalue weighted by Gasteiger charge is 2.46. The van der Waals surface area contributed by atoms with E-state index in [4.69, 9.17) is 0 Å². The van der Waals surface area contributed by atoms with Crippen molar-refractivity contribution in [1.82, 2.24) is 4.98 Å². The molecule has 154 valence electrons. The number of thiophene rings is 1. The molecule has 2 aromatic heterocycles. The van der Waals surface area contributed by atoms with Gasteiger partial charge in [-0.3, -0.25) is 14.5 Å². The van der Waals surface area contributed by atoms with Gasteiger partial charge in [0.05, 0.1) is 26.7 Å². The smallest absolute Gasteiger partial charge is 0.296 e. The maximum Gasteiger partial charge on any atom is 0.296 e. The van der Waals surface area contributed by atoms with Crippen molar-refractivity contribution >= 4 is 65.6 Å². The Kier molecular flexibility index (Phi) is 4.96. The van der Waals surface area contributed by atoms with Gasteiger partial charge in [-0.2, -0.15) is 0 Å². The van der Waals surface area contributed by atoms with Crippen LogP contribution in [0, 0.1) is 5.82 Å². The molecule has 5 nitrogen and oxygen atoms in total. The maximum atomic E-state index is 13.7. The summed E-state index contributed by atoms with van der Waals surface area (Å²) in [6, 6.07) is 13.9. The maximum absolute atomic E-state index is 13.7. The molecule has 1 aliphatic rings. The van der Waals surface area contributed by atoms with Crippen molar-refractivity contribution in [3.8, 4) is 0 Å². The first-order valence-corrected chi connectivity index (χ1v) is 11.6. The molecule has 0 fully saturated rings. The molecule has 31 heavy (non-hydrogen) atoms. The third-order valence-electron chi connectivity index (χ3n) is 4.91. The number of benzene rings is 2. The topological polar surface area (TPSA) is 70.5 Å². The summed E-state index contributed by atoms with van der Waals surface area (Å²) in [6.45, 7) is 0. The molecule has 0 unspecified atom stereocenters. The predicted octanol–water partition coefficient (Wildman–Crippen LogP) is 6.04. The number of aliphatic hydroxyl groups is 1. The molecule has 5 rings (SSSR count). The number of nitrogens with zero attached hydrogens (tertiary/aromatic N) is 2. The van der Waals surface area contributed by atoms with E-state index in [1.54, 1.807) is 35.7 Å². The Balaban J connectivity index is 1.70. The number of aromatic nitrogens is 1. The van der Waals surface area contributed by atoms with Crippen molar-refractivity contribution in [3.05, 3.63) is 92.0 Å². The first-order valence-electron chi connectivity index (χ1n) is 9.10. The summed E-state index contributed by atoms with van der Waals surface area (Å²) in [5.41, 5.74) is 1.16. The predicted molar refractivity (Wildman–Crippen MR) is 122 cm³/mol. The van der Waals surface area contributed by atoms with Crippen LogP contribution >= 0.6 is 38.6 Å². The van der Waals surface area contributed by atoms with Crippen LogP contribution in [0.4, 0.5) is 9.52 Å². The van der Waals surface area contributed by atoms with Crippen LogP contribution in [-0.4, -0.2) is 21.8 Å². The summed E-state index contributed by atoms with van der Waals surface area (Å²) in [7, 11) is 0. The number of Topliss-reactive ketones (excluding diaryl/α,β-unsaturated/α-hetero) is 1. The summed E-state index contributed by atoms with van der Waals surface area (Å²) in [5.74, 6) is -2.15. The zero-order valence-corrected chi connectivity index (χ0v) is 18.8. The fourth-order valence-corrected chi connectivity index (χ4v) is 5.67. The van der Waals surface area contributed by atoms with E-state index in [1.807, 2.05) is 6.07 Å². The fourth-order valence-electron chi connectivity index (χ4n) is 3.56. The first-order chi connectivity index (χ1) is 14.9. The van der Waals surface area contributed by atoms with Crippen molar-refractivity contribution in [1.29, 1.82) is 0 Å². The zero-order valence-electron chi connectivity index (χ0n) is 15.6. The number of carbonyl (C=O) groups is 2. The highest BCUT2D eigenvalue weighted by atomic mass is 79.9. The number of rotatable bonds is 4. The van der Waals surface area contributed by atoms with Gasteiger partial charge < -0.3 is 5.11 Å². The van der Waals surface area contributed by atoms with E-state index >= 15 is 0 Å². The summed E-state index contributed by atoms with van der Waals surface area (Å²) in [5, 5.41) is 12.8. The van der Waals surface area contributed by atoms with Gasteiger partial charge in [-0.05, 0) is 47.3 Å². The van der Waals surface area contributed by atoms with Gasteiger partial charge in [0.15, 0.2) is 10.9 Å². The summed E-state index contributed by atoms with van der Waals surface area (Å²) >= 11 is 5.79. The highest BCUT2D eigenvalue weighted by molar-refractivity contribution is 9.10. The van der Waals surface area contributed by atoms with Gasteiger partial charge in [0.25, 0.3) is 5.91 Å². The number of aliphatic hydroxyl groups excluding tert-OH is 1. The summed E-state index contributed by atoms with van der Waals surface area (Å²) < 4.78 is 15.0. The number of anilines is 1. The lowest BCUT2D eigenvalue weighted by molar-refractivity contribution is -0.117. The number of carbonyl (C=O) groups excluding carboxylic acids is 2. The zero-order chi connectivity index (χ0) is 21.7. The molecule has 1 N–H and O–H groups in total. The Labute approximate surface area is 192 Å². The lowest BCUT2D eigenvalue weighted by Crippen LogP contribution is -2.30. The second kappa shape index (κ2) is 7.67. The lowest BCUT2D eigenvalue weighted by atomic mass is 9.96. The molecular formula is C22H12BrFN2O3S2. The van der Waals surface area contributed by atoms with E-state index in [1.165, 1.54) is 34.4 Å². The van der Waals surface area contributed by atoms with E-state index in [-0.39, 0.29) is 10.7 Å². The van der Waals surface area contributed by atoms with Crippen LogP contribution in [0.1, 0.15) is 21.3 Å². The largest absolute Gasteiger partial charge is 0.503 e. The van der Waals surface area contributed by atoms with Gasteiger partial charge in [0, 0.05) is 4.47 Å². The SMILES string of the molecule is O=C(C1=C(O)C(=O)N(c2nc3ccc(F)cc3s2)[C@@H]1c1cccc(Br)c1)c1cccs1. The standard InChI is InChI=1S/C22H12BrFN2O3S2/c23-12-4-1-3-11(9-12)18-17(19(27)15-5-2-8-30-15)20(28)21(29)26(18)22-25-14-7-6-13(24)10-16(14)31-22/h1-10,18,28H/t18-/m1/s1. The average molecular weight is 515 g/mol. The molecule has 1 amide bonds. The normalized spacial score (nSPS) is 16.5. The molecule has 0 saturated heterocycles. The van der Waals surface area contributed by atoms with Crippen LogP contribution in [0.15, 0.2) is 75.8 Å². The van der Waals surface area contributed by atoms with Crippen molar-refractivity contribution < 1.29 is 19.1 Å². The second-order valence-corrected chi connectivity index (χ2v) is 9.68. The minimum Gasteiger partial charge on any atom is -0.503 e. The molecule has 0 aliphatic carbocycles. The van der Waals surface area contributed by atoms with Crippen LogP contribution in [0.2, 0.25) is 0 Å². The first kappa shape index (κ1) is 20.0. The molecule has 0 saturated carbocycles. The van der Waals surface area contributed by atoms with E-state index in [0.29, 0.717) is 20.7 Å². The third kappa shape index (κ3) is 3.38. The molecule has 2 aromatic carbocycles. The van der Waals surface area contributed by atoms with Gasteiger partial charge >= 0.3 is 0 Å². The molecule has 0 radical (unpaired) electrons. The Morgan fingerprint density at radius 1 is 1.16 bits per heavy atom. The molecule has 0 spiro atoms. The fraction of sp³-hybridized carbons (Fsp3) is 0.0455. The Hall–Kier alpha value is -2.88. The van der Waals surface area contributed by atoms with Crippen LogP contribution in [0.3, 0.4) is 0 Å². The summed E-state index contributed by atoms with van der Waals surface area (Å²) in [4.78, 5) is 32.6. The van der Waals surface area contributed by atoms with Crippen LogP contribution < -0.4 is 4.90 Å². The molecule has 1 aliphatic heterocycles. The van der Waals surface area contributed by atoms with Gasteiger partial charge in [-0.25, -0.2) is 9.37 Å². The number of amides is 1. The number of halogens is 2. The summed E-state index contributed by atoms with van der Waals surface area (Å²) in [6.07, 6.45) is 0. The number of hydrogen-bond donors (Lipinski definition) is 1. The number of ketones is 1. The number of thiazole rings is 1. The van der Waals surface area contributed by atoms with Crippen LogP contribution in [-0.2, 0) is 4.79 Å². The average Bonchev–Trinajstić information content (AvgIpc) is 3.46.